The summed E-state index contributed by atoms with van der Waals surface area (Å²) in [6.07, 6.45) is 0. The Morgan fingerprint density at radius 2 is 1.77 bits per heavy atom. The molecule has 0 heterocycles. The average Bonchev–Trinajstić information content (AvgIpc) is 2.58. The molecule has 3 N–H and O–H groups in total. The van der Waals surface area contributed by atoms with Gasteiger partial charge in [0.2, 0.25) is 0 Å². The van der Waals surface area contributed by atoms with Gasteiger partial charge in [-0.3, -0.25) is 4.79 Å². The van der Waals surface area contributed by atoms with E-state index in [9.17, 15) is 14.7 Å². The SMILES string of the molecule is C/C(O)=C(\N=Nc1ccccc1C(=O)O)C(=O)Nc1cc(Cl)ccc1Cl. The van der Waals surface area contributed by atoms with Crippen LogP contribution in [0.25, 0.3) is 0 Å². The van der Waals surface area contributed by atoms with E-state index in [0.29, 0.717) is 5.02 Å². The molecule has 0 fully saturated rings. The molecule has 0 aliphatic heterocycles. The number of benzene rings is 2. The van der Waals surface area contributed by atoms with E-state index in [4.69, 9.17) is 28.3 Å². The Hall–Kier alpha value is -2.90. The second-order valence-electron chi connectivity index (χ2n) is 5.03. The minimum Gasteiger partial charge on any atom is -0.510 e. The molecule has 0 atom stereocenters. The highest BCUT2D eigenvalue weighted by molar-refractivity contribution is 6.35. The van der Waals surface area contributed by atoms with Crippen LogP contribution in [0.15, 0.2) is 64.1 Å². The number of anilines is 1. The van der Waals surface area contributed by atoms with Gasteiger partial charge in [-0.2, -0.15) is 0 Å². The molecule has 0 bridgehead atoms. The molecule has 0 aromatic heterocycles. The number of rotatable bonds is 5. The Labute approximate surface area is 158 Å². The summed E-state index contributed by atoms with van der Waals surface area (Å²) in [7, 11) is 0. The van der Waals surface area contributed by atoms with Crippen molar-refractivity contribution in [1.29, 1.82) is 0 Å². The summed E-state index contributed by atoms with van der Waals surface area (Å²) in [5.74, 6) is -2.39. The highest BCUT2D eigenvalue weighted by Gasteiger charge is 2.16. The second kappa shape index (κ2) is 8.46. The topological polar surface area (TPSA) is 111 Å². The molecule has 0 radical (unpaired) electrons. The zero-order valence-corrected chi connectivity index (χ0v) is 14.9. The van der Waals surface area contributed by atoms with E-state index in [1.54, 1.807) is 12.1 Å². The molecule has 0 aliphatic rings. The lowest BCUT2D eigenvalue weighted by Crippen LogP contribution is -2.15. The Balaban J connectivity index is 2.30. The number of allylic oxidation sites excluding steroid dienone is 1. The van der Waals surface area contributed by atoms with Gasteiger partial charge in [0.25, 0.3) is 5.91 Å². The molecule has 134 valence electrons. The van der Waals surface area contributed by atoms with Crippen molar-refractivity contribution in [2.75, 3.05) is 5.32 Å². The van der Waals surface area contributed by atoms with Gasteiger partial charge >= 0.3 is 5.97 Å². The van der Waals surface area contributed by atoms with Crippen LogP contribution in [0.5, 0.6) is 0 Å². The third kappa shape index (κ3) is 4.81. The summed E-state index contributed by atoms with van der Waals surface area (Å²) < 4.78 is 0. The fourth-order valence-corrected chi connectivity index (χ4v) is 2.24. The van der Waals surface area contributed by atoms with Gasteiger partial charge in [-0.1, -0.05) is 35.3 Å². The van der Waals surface area contributed by atoms with Gasteiger partial charge in [0.15, 0.2) is 5.70 Å². The highest BCUT2D eigenvalue weighted by atomic mass is 35.5. The summed E-state index contributed by atoms with van der Waals surface area (Å²) in [5, 5.41) is 29.4. The Morgan fingerprint density at radius 3 is 2.42 bits per heavy atom. The number of nitrogens with zero attached hydrogens (tertiary/aromatic N) is 2. The molecular formula is C17H13Cl2N3O4. The van der Waals surface area contributed by atoms with Crippen molar-refractivity contribution in [3.8, 4) is 0 Å². The molecule has 2 aromatic rings. The number of carbonyl (C=O) groups excluding carboxylic acids is 1. The van der Waals surface area contributed by atoms with Gasteiger partial charge in [0.1, 0.15) is 11.4 Å². The predicted octanol–water partition coefficient (Wildman–Crippen LogP) is 5.20. The van der Waals surface area contributed by atoms with Crippen molar-refractivity contribution in [2.45, 2.75) is 6.92 Å². The number of hydrogen-bond donors (Lipinski definition) is 3. The quantitative estimate of drug-likeness (QED) is 0.367. The summed E-state index contributed by atoms with van der Waals surface area (Å²) >= 11 is 11.8. The maximum atomic E-state index is 12.4. The molecule has 2 rings (SSSR count). The number of aliphatic hydroxyl groups is 1. The molecule has 2 aromatic carbocycles. The molecule has 7 nitrogen and oxygen atoms in total. The van der Waals surface area contributed by atoms with Gasteiger partial charge < -0.3 is 15.5 Å². The predicted molar refractivity (Wildman–Crippen MR) is 98.3 cm³/mol. The van der Waals surface area contributed by atoms with Crippen LogP contribution in [0.2, 0.25) is 10.0 Å². The maximum Gasteiger partial charge on any atom is 0.337 e. The molecule has 26 heavy (non-hydrogen) atoms. The number of carboxylic acids is 1. The van der Waals surface area contributed by atoms with Gasteiger partial charge in [-0.15, -0.1) is 10.2 Å². The first-order valence-corrected chi connectivity index (χ1v) is 7.95. The van der Waals surface area contributed by atoms with Crippen LogP contribution >= 0.6 is 23.2 Å². The van der Waals surface area contributed by atoms with Crippen molar-refractivity contribution in [2.24, 2.45) is 10.2 Å². The fraction of sp³-hybridized carbons (Fsp3) is 0.0588. The molecular weight excluding hydrogens is 381 g/mol. The number of carboxylic acid groups (broad SMARTS) is 1. The van der Waals surface area contributed by atoms with E-state index in [-0.39, 0.29) is 22.0 Å². The van der Waals surface area contributed by atoms with Crippen molar-refractivity contribution in [1.82, 2.24) is 0 Å². The van der Waals surface area contributed by atoms with Crippen LogP contribution in [0.4, 0.5) is 11.4 Å². The number of amides is 1. The van der Waals surface area contributed by atoms with Crippen molar-refractivity contribution in [3.63, 3.8) is 0 Å². The standard InChI is InChI=1S/C17H13Cl2N3O4/c1-9(23)15(16(24)20-14-8-10(18)6-7-12(14)19)22-21-13-5-3-2-4-11(13)17(25)26/h2-8,23H,1H3,(H,20,24)(H,25,26)/b15-9+,22-21?. The molecule has 0 saturated heterocycles. The smallest absolute Gasteiger partial charge is 0.337 e. The Bertz CT molecular complexity index is 922. The molecule has 1 amide bonds. The summed E-state index contributed by atoms with van der Waals surface area (Å²) in [6, 6.07) is 10.4. The van der Waals surface area contributed by atoms with E-state index in [1.807, 2.05) is 0 Å². The summed E-state index contributed by atoms with van der Waals surface area (Å²) in [5.41, 5.74) is -0.234. The van der Waals surface area contributed by atoms with Gasteiger partial charge in [0.05, 0.1) is 16.3 Å². The molecule has 0 saturated carbocycles. The molecule has 0 unspecified atom stereocenters. The summed E-state index contributed by atoms with van der Waals surface area (Å²) in [4.78, 5) is 23.5. The fourth-order valence-electron chi connectivity index (χ4n) is 1.90. The first-order valence-electron chi connectivity index (χ1n) is 7.20. The Morgan fingerprint density at radius 1 is 1.08 bits per heavy atom. The van der Waals surface area contributed by atoms with Crippen LogP contribution < -0.4 is 5.32 Å². The Kier molecular flexibility index (Phi) is 6.32. The average molecular weight is 394 g/mol. The lowest BCUT2D eigenvalue weighted by Gasteiger charge is -2.08. The minimum absolute atomic E-state index is 0.0346. The zero-order valence-electron chi connectivity index (χ0n) is 13.4. The zero-order chi connectivity index (χ0) is 19.3. The highest BCUT2D eigenvalue weighted by Crippen LogP contribution is 2.26. The van der Waals surface area contributed by atoms with Crippen molar-refractivity contribution < 1.29 is 19.8 Å². The minimum atomic E-state index is -1.19. The van der Waals surface area contributed by atoms with Crippen molar-refractivity contribution >= 4 is 46.5 Å². The van der Waals surface area contributed by atoms with Crippen LogP contribution in [0.1, 0.15) is 17.3 Å². The van der Waals surface area contributed by atoms with Crippen molar-refractivity contribution in [3.05, 3.63) is 69.5 Å². The lowest BCUT2D eigenvalue weighted by atomic mass is 10.2. The van der Waals surface area contributed by atoms with Crippen LogP contribution in [-0.2, 0) is 4.79 Å². The van der Waals surface area contributed by atoms with Crippen LogP contribution in [-0.4, -0.2) is 22.1 Å². The van der Waals surface area contributed by atoms with Crippen LogP contribution in [0.3, 0.4) is 0 Å². The van der Waals surface area contributed by atoms with Crippen LogP contribution in [0, 0.1) is 0 Å². The third-order valence-corrected chi connectivity index (χ3v) is 3.69. The normalized spacial score (nSPS) is 12.0. The van der Waals surface area contributed by atoms with Gasteiger partial charge in [0, 0.05) is 5.02 Å². The number of aromatic carboxylic acids is 1. The van der Waals surface area contributed by atoms with E-state index < -0.39 is 23.3 Å². The number of aliphatic hydroxyl groups excluding tert-OH is 1. The van der Waals surface area contributed by atoms with E-state index >= 15 is 0 Å². The van der Waals surface area contributed by atoms with E-state index in [2.05, 4.69) is 15.5 Å². The summed E-state index contributed by atoms with van der Waals surface area (Å²) in [6.45, 7) is 1.25. The number of carbonyl (C=O) groups is 2. The third-order valence-electron chi connectivity index (χ3n) is 3.13. The van der Waals surface area contributed by atoms with E-state index in [0.717, 1.165) is 0 Å². The monoisotopic (exact) mass is 393 g/mol. The number of azo groups is 1. The lowest BCUT2D eigenvalue weighted by molar-refractivity contribution is -0.113. The first-order chi connectivity index (χ1) is 12.3. The first kappa shape index (κ1) is 19.4. The molecule has 0 aliphatic carbocycles. The number of hydrogen-bond acceptors (Lipinski definition) is 5. The molecule has 0 spiro atoms. The largest absolute Gasteiger partial charge is 0.510 e. The van der Waals surface area contributed by atoms with Gasteiger partial charge in [-0.25, -0.2) is 4.79 Å². The maximum absolute atomic E-state index is 12.4. The molecule has 9 heteroatoms. The number of nitrogens with one attached hydrogen (secondary N) is 1. The number of halogens is 2. The van der Waals surface area contributed by atoms with E-state index in [1.165, 1.54) is 37.3 Å². The van der Waals surface area contributed by atoms with Gasteiger partial charge in [-0.05, 0) is 37.3 Å². The second-order valence-corrected chi connectivity index (χ2v) is 5.88.